The van der Waals surface area contributed by atoms with E-state index in [1.54, 1.807) is 6.92 Å². The standard InChI is InChI=1S/C7H12O4/c1-3-7(2)10-4-5(11-7)6(8)9/h5H,3-4H2,1-2H3,(H,8,9). The van der Waals surface area contributed by atoms with Crippen LogP contribution in [0.1, 0.15) is 20.3 Å². The van der Waals surface area contributed by atoms with Gasteiger partial charge in [0.25, 0.3) is 0 Å². The van der Waals surface area contributed by atoms with Gasteiger partial charge in [-0.2, -0.15) is 0 Å². The lowest BCUT2D eigenvalue weighted by atomic mass is 10.2. The highest BCUT2D eigenvalue weighted by molar-refractivity contribution is 5.72. The van der Waals surface area contributed by atoms with Crippen LogP contribution in [0, 0.1) is 0 Å². The highest BCUT2D eigenvalue weighted by Crippen LogP contribution is 2.26. The summed E-state index contributed by atoms with van der Waals surface area (Å²) in [7, 11) is 0. The van der Waals surface area contributed by atoms with Crippen molar-refractivity contribution in [3.05, 3.63) is 0 Å². The van der Waals surface area contributed by atoms with Crippen LogP contribution in [0.5, 0.6) is 0 Å². The van der Waals surface area contributed by atoms with Crippen molar-refractivity contribution in [3.63, 3.8) is 0 Å². The third-order valence-electron chi connectivity index (χ3n) is 1.85. The normalized spacial score (nSPS) is 37.5. The summed E-state index contributed by atoms with van der Waals surface area (Å²) in [5.74, 6) is -1.65. The molecule has 1 aliphatic rings. The molecule has 1 N–H and O–H groups in total. The summed E-state index contributed by atoms with van der Waals surface area (Å²) >= 11 is 0. The second kappa shape index (κ2) is 2.79. The first kappa shape index (κ1) is 8.49. The van der Waals surface area contributed by atoms with E-state index in [4.69, 9.17) is 14.6 Å². The molecule has 0 saturated carbocycles. The molecule has 1 rings (SSSR count). The summed E-state index contributed by atoms with van der Waals surface area (Å²) in [4.78, 5) is 10.4. The molecule has 0 radical (unpaired) electrons. The smallest absolute Gasteiger partial charge is 0.335 e. The van der Waals surface area contributed by atoms with E-state index in [1.807, 2.05) is 6.92 Å². The van der Waals surface area contributed by atoms with Gasteiger partial charge in [0.2, 0.25) is 0 Å². The number of rotatable bonds is 2. The van der Waals surface area contributed by atoms with Crippen LogP contribution >= 0.6 is 0 Å². The SMILES string of the molecule is CCC1(C)OCC(C(=O)O)O1. The molecule has 0 bridgehead atoms. The Morgan fingerprint density at radius 3 is 2.73 bits per heavy atom. The second-order valence-electron chi connectivity index (χ2n) is 2.74. The summed E-state index contributed by atoms with van der Waals surface area (Å²) in [6, 6.07) is 0. The van der Waals surface area contributed by atoms with Crippen LogP contribution in [0.15, 0.2) is 0 Å². The van der Waals surface area contributed by atoms with Gasteiger partial charge in [-0.15, -0.1) is 0 Å². The summed E-state index contributed by atoms with van der Waals surface area (Å²) in [5.41, 5.74) is 0. The number of ether oxygens (including phenoxy) is 2. The average Bonchev–Trinajstić information content (AvgIpc) is 2.33. The molecule has 1 heterocycles. The van der Waals surface area contributed by atoms with E-state index in [1.165, 1.54) is 0 Å². The molecule has 0 aliphatic carbocycles. The minimum atomic E-state index is -0.956. The molecule has 64 valence electrons. The van der Waals surface area contributed by atoms with E-state index in [0.717, 1.165) is 0 Å². The molecule has 0 amide bonds. The molecule has 2 atom stereocenters. The minimum absolute atomic E-state index is 0.152. The quantitative estimate of drug-likeness (QED) is 0.643. The van der Waals surface area contributed by atoms with E-state index in [2.05, 4.69) is 0 Å². The third-order valence-corrected chi connectivity index (χ3v) is 1.85. The largest absolute Gasteiger partial charge is 0.479 e. The van der Waals surface area contributed by atoms with Gasteiger partial charge < -0.3 is 14.6 Å². The van der Waals surface area contributed by atoms with Crippen molar-refractivity contribution in [3.8, 4) is 0 Å². The van der Waals surface area contributed by atoms with E-state index in [9.17, 15) is 4.79 Å². The topological polar surface area (TPSA) is 55.8 Å². The molecule has 0 aromatic heterocycles. The molecule has 0 aromatic carbocycles. The van der Waals surface area contributed by atoms with E-state index >= 15 is 0 Å². The second-order valence-corrected chi connectivity index (χ2v) is 2.74. The maximum Gasteiger partial charge on any atom is 0.335 e. The number of carbonyl (C=O) groups is 1. The van der Waals surface area contributed by atoms with Gasteiger partial charge in [-0.25, -0.2) is 4.79 Å². The minimum Gasteiger partial charge on any atom is -0.479 e. The lowest BCUT2D eigenvalue weighted by molar-refractivity contribution is -0.172. The van der Waals surface area contributed by atoms with Crippen molar-refractivity contribution < 1.29 is 19.4 Å². The van der Waals surface area contributed by atoms with Crippen molar-refractivity contribution in [1.82, 2.24) is 0 Å². The first-order valence-electron chi connectivity index (χ1n) is 3.62. The van der Waals surface area contributed by atoms with Gasteiger partial charge >= 0.3 is 5.97 Å². The molecule has 4 nitrogen and oxygen atoms in total. The highest BCUT2D eigenvalue weighted by atomic mass is 16.7. The van der Waals surface area contributed by atoms with E-state index in [0.29, 0.717) is 6.42 Å². The molecule has 1 aliphatic heterocycles. The van der Waals surface area contributed by atoms with Crippen molar-refractivity contribution in [2.45, 2.75) is 32.2 Å². The van der Waals surface area contributed by atoms with Crippen LogP contribution in [-0.4, -0.2) is 29.6 Å². The molecule has 1 fully saturated rings. The summed E-state index contributed by atoms with van der Waals surface area (Å²) in [6.45, 7) is 3.79. The van der Waals surface area contributed by atoms with Gasteiger partial charge in [-0.1, -0.05) is 6.92 Å². The van der Waals surface area contributed by atoms with Crippen LogP contribution in [-0.2, 0) is 14.3 Å². The zero-order valence-corrected chi connectivity index (χ0v) is 6.66. The molecule has 0 spiro atoms. The Labute approximate surface area is 65.1 Å². The van der Waals surface area contributed by atoms with Gasteiger partial charge in [0, 0.05) is 0 Å². The third kappa shape index (κ3) is 1.70. The maximum absolute atomic E-state index is 10.4. The molecule has 2 unspecified atom stereocenters. The van der Waals surface area contributed by atoms with Gasteiger partial charge in [0.1, 0.15) is 0 Å². The number of hydrogen-bond donors (Lipinski definition) is 1. The Hall–Kier alpha value is -0.610. The zero-order chi connectivity index (χ0) is 8.48. The lowest BCUT2D eigenvalue weighted by Crippen LogP contribution is -2.28. The van der Waals surface area contributed by atoms with Crippen LogP contribution in [0.4, 0.5) is 0 Å². The van der Waals surface area contributed by atoms with Crippen molar-refractivity contribution in [2.75, 3.05) is 6.61 Å². The fourth-order valence-electron chi connectivity index (χ4n) is 0.928. The number of aliphatic carboxylic acids is 1. The van der Waals surface area contributed by atoms with Gasteiger partial charge in [-0.3, -0.25) is 0 Å². The first-order valence-corrected chi connectivity index (χ1v) is 3.62. The number of hydrogen-bond acceptors (Lipinski definition) is 3. The Balaban J connectivity index is 2.53. The average molecular weight is 160 g/mol. The Morgan fingerprint density at radius 1 is 1.82 bits per heavy atom. The molecular weight excluding hydrogens is 148 g/mol. The Morgan fingerprint density at radius 2 is 2.45 bits per heavy atom. The molecule has 0 aromatic rings. The van der Waals surface area contributed by atoms with Gasteiger partial charge in [-0.05, 0) is 13.3 Å². The van der Waals surface area contributed by atoms with Crippen molar-refractivity contribution in [1.29, 1.82) is 0 Å². The summed E-state index contributed by atoms with van der Waals surface area (Å²) < 4.78 is 10.3. The lowest BCUT2D eigenvalue weighted by Gasteiger charge is -2.19. The van der Waals surface area contributed by atoms with Crippen LogP contribution in [0.25, 0.3) is 0 Å². The predicted molar refractivity (Wildman–Crippen MR) is 37.2 cm³/mol. The van der Waals surface area contributed by atoms with Crippen LogP contribution in [0.2, 0.25) is 0 Å². The molecule has 1 saturated heterocycles. The Bertz CT molecular complexity index is 168. The maximum atomic E-state index is 10.4. The van der Waals surface area contributed by atoms with Crippen LogP contribution < -0.4 is 0 Å². The molecule has 4 heteroatoms. The molecule has 11 heavy (non-hydrogen) atoms. The fourth-order valence-corrected chi connectivity index (χ4v) is 0.928. The zero-order valence-electron chi connectivity index (χ0n) is 6.66. The first-order chi connectivity index (χ1) is 5.07. The van der Waals surface area contributed by atoms with Gasteiger partial charge in [0.15, 0.2) is 11.9 Å². The van der Waals surface area contributed by atoms with Crippen molar-refractivity contribution in [2.24, 2.45) is 0 Å². The Kier molecular flexibility index (Phi) is 2.15. The fraction of sp³-hybridized carbons (Fsp3) is 0.857. The predicted octanol–water partition coefficient (Wildman–Crippen LogP) is 0.613. The monoisotopic (exact) mass is 160 g/mol. The van der Waals surface area contributed by atoms with E-state index in [-0.39, 0.29) is 6.61 Å². The number of carboxylic acids is 1. The van der Waals surface area contributed by atoms with E-state index < -0.39 is 17.9 Å². The number of carboxylic acid groups (broad SMARTS) is 1. The highest BCUT2D eigenvalue weighted by Gasteiger charge is 2.39. The summed E-state index contributed by atoms with van der Waals surface area (Å²) in [6.07, 6.45) is -0.128. The van der Waals surface area contributed by atoms with Crippen molar-refractivity contribution >= 4 is 5.97 Å². The molecular formula is C7H12O4. The summed E-state index contributed by atoms with van der Waals surface area (Å²) in [5, 5.41) is 8.54. The van der Waals surface area contributed by atoms with Gasteiger partial charge in [0.05, 0.1) is 6.61 Å². The van der Waals surface area contributed by atoms with Crippen LogP contribution in [0.3, 0.4) is 0 Å².